The van der Waals surface area contributed by atoms with Gasteiger partial charge in [0.15, 0.2) is 12.2 Å². The van der Waals surface area contributed by atoms with Gasteiger partial charge in [-0.3, -0.25) is 47.9 Å². The second kappa shape index (κ2) is 20.8. The van der Waals surface area contributed by atoms with Crippen LogP contribution < -0.4 is 32.7 Å². The van der Waals surface area contributed by atoms with Crippen LogP contribution >= 0.6 is 0 Å². The average Bonchev–Trinajstić information content (AvgIpc) is 3.79. The van der Waals surface area contributed by atoms with Crippen molar-refractivity contribution >= 4 is 59.1 Å². The maximum absolute atomic E-state index is 14.0. The average molecular weight is 895 g/mol. The Morgan fingerprint density at radius 2 is 0.905 bits per heavy atom. The van der Waals surface area contributed by atoms with Crippen LogP contribution in [0.5, 0.6) is 0 Å². The van der Waals surface area contributed by atoms with E-state index in [9.17, 15) is 68.4 Å². The van der Waals surface area contributed by atoms with E-state index in [4.69, 9.17) is 16.2 Å². The first kappa shape index (κ1) is 48.5. The number of aliphatic hydroxyl groups excluding tert-OH is 4. The van der Waals surface area contributed by atoms with Crippen molar-refractivity contribution < 1.29 is 73.1 Å². The number of likely N-dealkylation sites (tertiary alicyclic amines) is 4. The molecule has 0 aliphatic carbocycles. The second-order valence-electron chi connectivity index (χ2n) is 16.5. The Labute approximate surface area is 361 Å². The van der Waals surface area contributed by atoms with E-state index in [0.717, 1.165) is 4.90 Å². The van der Waals surface area contributed by atoms with Crippen LogP contribution in [-0.2, 0) is 52.7 Å². The molecule has 5 heterocycles. The molecular weight excluding hydrogens is 836 g/mol. The molecule has 5 aliphatic heterocycles. The van der Waals surface area contributed by atoms with Crippen molar-refractivity contribution in [3.8, 4) is 0 Å². The smallest absolute Gasteiger partial charge is 0.253 e. The van der Waals surface area contributed by atoms with Gasteiger partial charge in [0.05, 0.1) is 25.4 Å². The normalized spacial score (nSPS) is 27.1. The van der Waals surface area contributed by atoms with Crippen LogP contribution in [0.2, 0.25) is 0 Å². The number of nitrogens with two attached hydrogens (primary N) is 2. The summed E-state index contributed by atoms with van der Waals surface area (Å²) in [4.78, 5) is 136. The number of carbonyl (C=O) groups excluding carboxylic acids is 10. The number of rotatable bonds is 18. The molecular formula is C38H58N10O15. The third kappa shape index (κ3) is 10.8. The van der Waals surface area contributed by atoms with Crippen molar-refractivity contribution in [3.05, 3.63) is 0 Å². The van der Waals surface area contributed by atoms with Gasteiger partial charge in [0, 0.05) is 26.2 Å². The van der Waals surface area contributed by atoms with Crippen molar-refractivity contribution in [2.24, 2.45) is 11.5 Å². The predicted octanol–water partition coefficient (Wildman–Crippen LogP) is -7.63. The first-order valence-electron chi connectivity index (χ1n) is 21.1. The molecule has 0 unspecified atom stereocenters. The number of epoxide rings is 1. The molecule has 0 aromatic carbocycles. The first-order chi connectivity index (χ1) is 29.8. The molecule has 0 aromatic heterocycles. The van der Waals surface area contributed by atoms with Gasteiger partial charge in [-0.05, 0) is 65.2 Å². The highest BCUT2D eigenvalue weighted by molar-refractivity contribution is 6.01. The van der Waals surface area contributed by atoms with Crippen LogP contribution in [0.15, 0.2) is 0 Å². The minimum atomic E-state index is -1.60. The van der Waals surface area contributed by atoms with Crippen molar-refractivity contribution in [3.63, 3.8) is 0 Å². The number of amides is 10. The molecule has 0 bridgehead atoms. The number of primary amides is 2. The fraction of sp³-hybridized carbons (Fsp3) is 0.737. The minimum absolute atomic E-state index is 0.0562. The van der Waals surface area contributed by atoms with Gasteiger partial charge in [-0.15, -0.1) is 0 Å². The van der Waals surface area contributed by atoms with E-state index in [-0.39, 0.29) is 51.9 Å². The zero-order chi connectivity index (χ0) is 46.4. The van der Waals surface area contributed by atoms with Crippen molar-refractivity contribution in [2.45, 2.75) is 138 Å². The monoisotopic (exact) mass is 894 g/mol. The summed E-state index contributed by atoms with van der Waals surface area (Å²) in [5, 5.41) is 49.3. The van der Waals surface area contributed by atoms with Crippen molar-refractivity contribution in [1.82, 2.24) is 40.9 Å². The van der Waals surface area contributed by atoms with Crippen molar-refractivity contribution in [2.75, 3.05) is 39.4 Å². The van der Waals surface area contributed by atoms with Crippen LogP contribution in [-0.4, -0.2) is 211 Å². The van der Waals surface area contributed by atoms with E-state index >= 15 is 0 Å². The number of nitrogens with one attached hydrogen (secondary N) is 4. The number of aliphatic hydroxyl groups is 4. The molecule has 63 heavy (non-hydrogen) atoms. The maximum Gasteiger partial charge on any atom is 0.253 e. The van der Waals surface area contributed by atoms with Crippen LogP contribution in [0.3, 0.4) is 0 Å². The van der Waals surface area contributed by atoms with Gasteiger partial charge in [0.1, 0.15) is 48.3 Å². The summed E-state index contributed by atoms with van der Waals surface area (Å²) < 4.78 is 5.26. The molecule has 0 spiro atoms. The SMILES string of the molecule is C[C@@H](O)[C@H](NC(=O)[C@@H]1CCCN1C(=O)[C@@H](NC(=O)[C@@H]1O[C@H]1C(=O)N[C@@H](CO)C(=O)N1CCC[C@H]1C(=O)N1CCC[C@H]1C(=O)N1CCC[C@H]1C(=O)N[C@@H](CO)C(N)=O)[C@@H](C)O)C(N)=O. The topological polar surface area (TPSA) is 377 Å². The Balaban J connectivity index is 1.16. The quantitative estimate of drug-likeness (QED) is 0.0572. The van der Waals surface area contributed by atoms with E-state index < -0.39 is 145 Å². The minimum Gasteiger partial charge on any atom is -0.394 e. The van der Waals surface area contributed by atoms with E-state index in [1.54, 1.807) is 0 Å². The molecule has 5 aliphatic rings. The summed E-state index contributed by atoms with van der Waals surface area (Å²) in [5.41, 5.74) is 10.5. The van der Waals surface area contributed by atoms with E-state index in [0.29, 0.717) is 25.7 Å². The fourth-order valence-corrected chi connectivity index (χ4v) is 8.67. The molecule has 0 radical (unpaired) electrons. The van der Waals surface area contributed by atoms with Crippen molar-refractivity contribution in [1.29, 1.82) is 0 Å². The summed E-state index contributed by atoms with van der Waals surface area (Å²) in [6, 6.07) is -10.0. The third-order valence-corrected chi connectivity index (χ3v) is 12.1. The Hall–Kier alpha value is -5.50. The lowest BCUT2D eigenvalue weighted by atomic mass is 10.1. The highest BCUT2D eigenvalue weighted by Crippen LogP contribution is 2.30. The number of hydrogen-bond donors (Lipinski definition) is 10. The number of carbonyl (C=O) groups is 10. The highest BCUT2D eigenvalue weighted by atomic mass is 16.6. The zero-order valence-corrected chi connectivity index (χ0v) is 35.1. The Morgan fingerprint density at radius 1 is 0.524 bits per heavy atom. The number of ether oxygens (including phenoxy) is 1. The van der Waals surface area contributed by atoms with Crippen LogP contribution in [0.25, 0.3) is 0 Å². The molecule has 0 aromatic rings. The zero-order valence-electron chi connectivity index (χ0n) is 35.1. The molecule has 5 fully saturated rings. The fourth-order valence-electron chi connectivity index (χ4n) is 8.67. The Bertz CT molecular complexity index is 1820. The van der Waals surface area contributed by atoms with Gasteiger partial charge in [-0.25, -0.2) is 0 Å². The first-order valence-corrected chi connectivity index (χ1v) is 21.1. The van der Waals surface area contributed by atoms with E-state index in [2.05, 4.69) is 21.3 Å². The molecule has 25 heteroatoms. The van der Waals surface area contributed by atoms with E-state index in [1.807, 2.05) is 0 Å². The maximum atomic E-state index is 14.0. The van der Waals surface area contributed by atoms with Crippen LogP contribution in [0, 0.1) is 0 Å². The molecule has 25 nitrogen and oxygen atoms in total. The molecule has 10 amide bonds. The summed E-state index contributed by atoms with van der Waals surface area (Å²) in [7, 11) is 0. The van der Waals surface area contributed by atoms with Gasteiger partial charge in [0.2, 0.25) is 47.3 Å². The third-order valence-electron chi connectivity index (χ3n) is 12.1. The molecule has 12 atom stereocenters. The van der Waals surface area contributed by atoms with Gasteiger partial charge in [0.25, 0.3) is 11.8 Å². The van der Waals surface area contributed by atoms with Gasteiger partial charge in [-0.2, -0.15) is 0 Å². The molecule has 0 saturated carbocycles. The van der Waals surface area contributed by atoms with Gasteiger partial charge < -0.3 is 77.5 Å². The summed E-state index contributed by atoms with van der Waals surface area (Å²) >= 11 is 0. The largest absolute Gasteiger partial charge is 0.394 e. The predicted molar refractivity (Wildman–Crippen MR) is 211 cm³/mol. The van der Waals surface area contributed by atoms with E-state index in [1.165, 1.54) is 28.5 Å². The van der Waals surface area contributed by atoms with Gasteiger partial charge >= 0.3 is 0 Å². The summed E-state index contributed by atoms with van der Waals surface area (Å²) in [5.74, 6) is -8.04. The molecule has 12 N–H and O–H groups in total. The summed E-state index contributed by atoms with van der Waals surface area (Å²) in [6.07, 6.45) is -3.14. The lowest BCUT2D eigenvalue weighted by molar-refractivity contribution is -0.151. The standard InChI is InChI=1S/C38H58N10O15/c1-17(51)25(30(40)54)43-32(56)22-8-4-12-46(22)38(62)26(18(2)52)44-34(58)28-27(63-28)33(57)42-20(16-50)35(59)47-13-5-9-23(47)37(61)48-14-6-10-24(48)36(60)45-11-3-7-21(45)31(55)41-19(15-49)29(39)53/h17-28,49-52H,3-16H2,1-2H3,(H2,39,53)(H2,40,54)(H,41,55)(H,42,57)(H,43,56)(H,44,58)/t17-,18-,19+,20+,21+,22+,23+,24+,25+,26+,27-,28-/m1/s1. The number of nitrogens with zero attached hydrogens (tertiary/aromatic N) is 4. The Kier molecular flexibility index (Phi) is 16.0. The lowest BCUT2D eigenvalue weighted by Gasteiger charge is -2.34. The second-order valence-corrected chi connectivity index (χ2v) is 16.5. The molecule has 5 rings (SSSR count). The lowest BCUT2D eigenvalue weighted by Crippen LogP contribution is -2.60. The van der Waals surface area contributed by atoms with Crippen LogP contribution in [0.1, 0.15) is 65.2 Å². The number of hydrogen-bond acceptors (Lipinski definition) is 15. The molecule has 5 saturated heterocycles. The molecule has 350 valence electrons. The summed E-state index contributed by atoms with van der Waals surface area (Å²) in [6.45, 7) is 1.36. The van der Waals surface area contributed by atoms with Crippen LogP contribution in [0.4, 0.5) is 0 Å². The highest BCUT2D eigenvalue weighted by Gasteiger charge is 2.53. The van der Waals surface area contributed by atoms with Gasteiger partial charge in [-0.1, -0.05) is 0 Å². The Morgan fingerprint density at radius 3 is 1.38 bits per heavy atom.